The van der Waals surface area contributed by atoms with Gasteiger partial charge in [-0.05, 0) is 43.2 Å². The summed E-state index contributed by atoms with van der Waals surface area (Å²) in [5.74, 6) is 2.09. The fourth-order valence-corrected chi connectivity index (χ4v) is 5.04. The normalized spacial score (nSPS) is 16.8. The van der Waals surface area contributed by atoms with Crippen molar-refractivity contribution in [3.05, 3.63) is 48.0 Å². The van der Waals surface area contributed by atoms with E-state index < -0.39 is 10.0 Å². The van der Waals surface area contributed by atoms with Crippen molar-refractivity contribution in [1.29, 1.82) is 0 Å². The van der Waals surface area contributed by atoms with Gasteiger partial charge in [0, 0.05) is 37.9 Å². The number of fused-ring (bicyclic) bond motifs is 1. The molecule has 7 nitrogen and oxygen atoms in total. The SMILES string of the molecule is Cc1cccc(N2CCN(S(=O)(=O)CCCOc3ccc4c(c3)OCO4)CC2)c1. The van der Waals surface area contributed by atoms with E-state index in [1.54, 1.807) is 22.5 Å². The van der Waals surface area contributed by atoms with Crippen LogP contribution in [0.15, 0.2) is 42.5 Å². The number of sulfonamides is 1. The summed E-state index contributed by atoms with van der Waals surface area (Å²) < 4.78 is 43.2. The Kier molecular flexibility index (Phi) is 5.82. The minimum Gasteiger partial charge on any atom is -0.493 e. The van der Waals surface area contributed by atoms with Crippen molar-refractivity contribution < 1.29 is 22.6 Å². The van der Waals surface area contributed by atoms with Gasteiger partial charge in [-0.3, -0.25) is 0 Å². The average molecular weight is 419 g/mol. The second-order valence-electron chi connectivity index (χ2n) is 7.26. The van der Waals surface area contributed by atoms with Gasteiger partial charge in [0.05, 0.1) is 12.4 Å². The average Bonchev–Trinajstić information content (AvgIpc) is 3.19. The molecular weight excluding hydrogens is 392 g/mol. The zero-order valence-corrected chi connectivity index (χ0v) is 17.4. The molecule has 0 N–H and O–H groups in total. The van der Waals surface area contributed by atoms with Gasteiger partial charge in [0.25, 0.3) is 0 Å². The number of nitrogens with zero attached hydrogens (tertiary/aromatic N) is 2. The number of ether oxygens (including phenoxy) is 3. The van der Waals surface area contributed by atoms with E-state index >= 15 is 0 Å². The van der Waals surface area contributed by atoms with Crippen LogP contribution >= 0.6 is 0 Å². The molecule has 2 aliphatic rings. The lowest BCUT2D eigenvalue weighted by molar-refractivity contribution is 0.173. The highest BCUT2D eigenvalue weighted by molar-refractivity contribution is 7.89. The van der Waals surface area contributed by atoms with E-state index in [2.05, 4.69) is 30.0 Å². The predicted octanol–water partition coefficient (Wildman–Crippen LogP) is 2.64. The van der Waals surface area contributed by atoms with E-state index in [0.717, 1.165) is 5.69 Å². The lowest BCUT2D eigenvalue weighted by atomic mass is 10.2. The Morgan fingerprint density at radius 2 is 1.79 bits per heavy atom. The third kappa shape index (κ3) is 4.76. The molecule has 0 atom stereocenters. The molecule has 2 aromatic carbocycles. The quantitative estimate of drug-likeness (QED) is 0.644. The van der Waals surface area contributed by atoms with Crippen LogP contribution in [0.3, 0.4) is 0 Å². The van der Waals surface area contributed by atoms with Crippen LogP contribution in [0, 0.1) is 6.92 Å². The smallest absolute Gasteiger partial charge is 0.231 e. The Balaban J connectivity index is 1.23. The largest absolute Gasteiger partial charge is 0.493 e. The standard InChI is InChI=1S/C21H26N2O5S/c1-17-4-2-5-18(14-17)22-8-10-23(11-9-22)29(24,25)13-3-12-26-19-6-7-20-21(15-19)28-16-27-20/h2,4-7,14-15H,3,8-13,16H2,1H3. The first-order valence-corrected chi connectivity index (χ1v) is 11.4. The molecule has 8 heteroatoms. The van der Waals surface area contributed by atoms with Crippen LogP contribution in [0.2, 0.25) is 0 Å². The van der Waals surface area contributed by atoms with Crippen LogP contribution in [-0.4, -0.2) is 58.1 Å². The predicted molar refractivity (Wildman–Crippen MR) is 111 cm³/mol. The van der Waals surface area contributed by atoms with Crippen LogP contribution < -0.4 is 19.1 Å². The van der Waals surface area contributed by atoms with Gasteiger partial charge >= 0.3 is 0 Å². The third-order valence-electron chi connectivity index (χ3n) is 5.16. The number of hydrogen-bond donors (Lipinski definition) is 0. The summed E-state index contributed by atoms with van der Waals surface area (Å²) in [7, 11) is -3.28. The number of rotatable bonds is 7. The number of piperazine rings is 1. The summed E-state index contributed by atoms with van der Waals surface area (Å²) in [6.07, 6.45) is 0.439. The minimum atomic E-state index is -3.28. The molecule has 0 spiro atoms. The molecule has 1 saturated heterocycles. The first-order valence-electron chi connectivity index (χ1n) is 9.83. The summed E-state index contributed by atoms with van der Waals surface area (Å²) in [6.45, 7) is 5.05. The Labute approximate surface area is 171 Å². The Morgan fingerprint density at radius 3 is 2.59 bits per heavy atom. The fraction of sp³-hybridized carbons (Fsp3) is 0.429. The topological polar surface area (TPSA) is 68.3 Å². The zero-order valence-electron chi connectivity index (χ0n) is 16.5. The van der Waals surface area contributed by atoms with Crippen molar-refractivity contribution in [2.45, 2.75) is 13.3 Å². The van der Waals surface area contributed by atoms with Gasteiger partial charge in [-0.15, -0.1) is 0 Å². The van der Waals surface area contributed by atoms with E-state index in [4.69, 9.17) is 14.2 Å². The van der Waals surface area contributed by atoms with Crippen LogP contribution in [0.25, 0.3) is 0 Å². The van der Waals surface area contributed by atoms with Crippen LogP contribution in [-0.2, 0) is 10.0 Å². The molecule has 0 amide bonds. The summed E-state index contributed by atoms with van der Waals surface area (Å²) in [5, 5.41) is 0. The second kappa shape index (κ2) is 8.51. The van der Waals surface area contributed by atoms with Crippen LogP contribution in [0.4, 0.5) is 5.69 Å². The van der Waals surface area contributed by atoms with E-state index in [1.165, 1.54) is 5.56 Å². The molecule has 2 heterocycles. The van der Waals surface area contributed by atoms with Gasteiger partial charge < -0.3 is 19.1 Å². The van der Waals surface area contributed by atoms with Gasteiger partial charge in [-0.1, -0.05) is 12.1 Å². The minimum absolute atomic E-state index is 0.0853. The van der Waals surface area contributed by atoms with Crippen molar-refractivity contribution in [2.75, 3.05) is 50.2 Å². The van der Waals surface area contributed by atoms with Gasteiger partial charge in [-0.2, -0.15) is 4.31 Å². The first kappa shape index (κ1) is 19.8. The van der Waals surface area contributed by atoms with Crippen molar-refractivity contribution >= 4 is 15.7 Å². The van der Waals surface area contributed by atoms with E-state index in [0.29, 0.717) is 56.5 Å². The fourth-order valence-electron chi connectivity index (χ4n) is 3.58. The summed E-state index contributed by atoms with van der Waals surface area (Å²) in [4.78, 5) is 2.24. The molecule has 0 aromatic heterocycles. The number of benzene rings is 2. The van der Waals surface area contributed by atoms with Gasteiger partial charge in [0.2, 0.25) is 16.8 Å². The van der Waals surface area contributed by atoms with Crippen molar-refractivity contribution in [2.24, 2.45) is 0 Å². The Morgan fingerprint density at radius 1 is 1.00 bits per heavy atom. The summed E-state index contributed by atoms with van der Waals surface area (Å²) in [5.41, 5.74) is 2.36. The van der Waals surface area contributed by atoms with Crippen molar-refractivity contribution in [3.63, 3.8) is 0 Å². The monoisotopic (exact) mass is 418 g/mol. The highest BCUT2D eigenvalue weighted by atomic mass is 32.2. The molecule has 2 aliphatic heterocycles. The number of hydrogen-bond acceptors (Lipinski definition) is 6. The molecule has 0 aliphatic carbocycles. The summed E-state index contributed by atoms with van der Waals surface area (Å²) >= 11 is 0. The first-order chi connectivity index (χ1) is 14.0. The van der Waals surface area contributed by atoms with Crippen LogP contribution in [0.5, 0.6) is 17.2 Å². The molecule has 4 rings (SSSR count). The maximum atomic E-state index is 12.7. The highest BCUT2D eigenvalue weighted by Crippen LogP contribution is 2.35. The summed E-state index contributed by atoms with van der Waals surface area (Å²) in [6, 6.07) is 13.7. The molecule has 0 saturated carbocycles. The van der Waals surface area contributed by atoms with Gasteiger partial charge in [0.1, 0.15) is 5.75 Å². The van der Waals surface area contributed by atoms with E-state index in [1.807, 2.05) is 6.07 Å². The maximum Gasteiger partial charge on any atom is 0.231 e. The molecular formula is C21H26N2O5S. The maximum absolute atomic E-state index is 12.7. The second-order valence-corrected chi connectivity index (χ2v) is 9.35. The van der Waals surface area contributed by atoms with E-state index in [9.17, 15) is 8.42 Å². The van der Waals surface area contributed by atoms with E-state index in [-0.39, 0.29) is 12.5 Å². The number of anilines is 1. The van der Waals surface area contributed by atoms with Crippen molar-refractivity contribution in [3.8, 4) is 17.2 Å². The zero-order chi connectivity index (χ0) is 20.3. The highest BCUT2D eigenvalue weighted by Gasteiger charge is 2.26. The van der Waals surface area contributed by atoms with Crippen molar-refractivity contribution in [1.82, 2.24) is 4.31 Å². The third-order valence-corrected chi connectivity index (χ3v) is 7.11. The molecule has 0 bridgehead atoms. The molecule has 1 fully saturated rings. The lowest BCUT2D eigenvalue weighted by Gasteiger charge is -2.35. The molecule has 156 valence electrons. The molecule has 29 heavy (non-hydrogen) atoms. The molecule has 0 radical (unpaired) electrons. The van der Waals surface area contributed by atoms with Gasteiger partial charge in [0.15, 0.2) is 11.5 Å². The van der Waals surface area contributed by atoms with Gasteiger partial charge in [-0.25, -0.2) is 8.42 Å². The lowest BCUT2D eigenvalue weighted by Crippen LogP contribution is -2.49. The number of aryl methyl sites for hydroxylation is 1. The Bertz CT molecular complexity index is 955. The van der Waals surface area contributed by atoms with Crippen LogP contribution in [0.1, 0.15) is 12.0 Å². The Hall–Kier alpha value is -2.45. The molecule has 0 unspecified atom stereocenters. The molecule has 2 aromatic rings.